The molecule has 0 saturated carbocycles. The van der Waals surface area contributed by atoms with Crippen molar-refractivity contribution in [1.82, 2.24) is 25.0 Å². The zero-order valence-corrected chi connectivity index (χ0v) is 17.1. The molecule has 0 aliphatic rings. The third-order valence-electron chi connectivity index (χ3n) is 4.10. The van der Waals surface area contributed by atoms with Crippen LogP contribution in [0.25, 0.3) is 21.0 Å². The molecule has 8 nitrogen and oxygen atoms in total. The lowest BCUT2D eigenvalue weighted by Gasteiger charge is -2.19. The molecule has 0 saturated heterocycles. The Bertz CT molecular complexity index is 1240. The van der Waals surface area contributed by atoms with E-state index in [1.54, 1.807) is 20.8 Å². The highest BCUT2D eigenvalue weighted by molar-refractivity contribution is 7.18. The Morgan fingerprint density at radius 3 is 2.59 bits per heavy atom. The lowest BCUT2D eigenvalue weighted by molar-refractivity contribution is -0.153. The summed E-state index contributed by atoms with van der Waals surface area (Å²) in [4.78, 5) is 29.8. The van der Waals surface area contributed by atoms with Crippen molar-refractivity contribution >= 4 is 38.3 Å². The van der Waals surface area contributed by atoms with Gasteiger partial charge in [0, 0.05) is 5.39 Å². The van der Waals surface area contributed by atoms with Gasteiger partial charge in [-0.25, -0.2) is 9.67 Å². The van der Waals surface area contributed by atoms with Gasteiger partial charge in [0.25, 0.3) is 5.56 Å². The van der Waals surface area contributed by atoms with Gasteiger partial charge in [-0.15, -0.1) is 11.3 Å². The lowest BCUT2D eigenvalue weighted by Crippen LogP contribution is -2.28. The minimum Gasteiger partial charge on any atom is -0.460 e. The van der Waals surface area contributed by atoms with E-state index in [4.69, 9.17) is 4.74 Å². The predicted molar refractivity (Wildman–Crippen MR) is 110 cm³/mol. The number of benzene rings is 1. The van der Waals surface area contributed by atoms with Crippen LogP contribution in [0.1, 0.15) is 31.5 Å². The number of hydrogen-bond donors (Lipinski definition) is 0. The number of ether oxygens (including phenoxy) is 1. The van der Waals surface area contributed by atoms with Gasteiger partial charge in [0.2, 0.25) is 0 Å². The van der Waals surface area contributed by atoms with Crippen LogP contribution in [0, 0.1) is 0 Å². The van der Waals surface area contributed by atoms with Gasteiger partial charge < -0.3 is 4.74 Å². The number of para-hydroxylation sites is 1. The standard InChI is InChI=1S/C20H19N5O3S/c1-20(2,3)28-18(26)8-15-12-9-21-22-10-13(12)19(27)25(24-15)11-17-23-14-6-4-5-7-16(14)29-17/h4-7,9-10H,8,11H2,1-3H3. The molecule has 0 amide bonds. The summed E-state index contributed by atoms with van der Waals surface area (Å²) in [7, 11) is 0. The molecule has 0 atom stereocenters. The Labute approximate surface area is 170 Å². The first-order valence-electron chi connectivity index (χ1n) is 9.07. The molecule has 1 aromatic carbocycles. The second kappa shape index (κ2) is 7.32. The van der Waals surface area contributed by atoms with Crippen molar-refractivity contribution in [2.24, 2.45) is 0 Å². The summed E-state index contributed by atoms with van der Waals surface area (Å²) in [6, 6.07) is 7.78. The van der Waals surface area contributed by atoms with E-state index < -0.39 is 11.6 Å². The van der Waals surface area contributed by atoms with E-state index in [9.17, 15) is 9.59 Å². The Kier molecular flexibility index (Phi) is 4.83. The Morgan fingerprint density at radius 1 is 1.14 bits per heavy atom. The quantitative estimate of drug-likeness (QED) is 0.478. The first-order valence-corrected chi connectivity index (χ1v) is 9.88. The van der Waals surface area contributed by atoms with Crippen molar-refractivity contribution in [3.63, 3.8) is 0 Å². The van der Waals surface area contributed by atoms with Crippen LogP contribution in [0.4, 0.5) is 0 Å². The van der Waals surface area contributed by atoms with Crippen molar-refractivity contribution in [2.75, 3.05) is 0 Å². The van der Waals surface area contributed by atoms with E-state index >= 15 is 0 Å². The second-order valence-corrected chi connectivity index (χ2v) is 8.68. The molecule has 0 aliphatic heterocycles. The largest absolute Gasteiger partial charge is 0.460 e. The summed E-state index contributed by atoms with van der Waals surface area (Å²) in [6.07, 6.45) is 2.78. The van der Waals surface area contributed by atoms with Crippen molar-refractivity contribution in [1.29, 1.82) is 0 Å². The number of carbonyl (C=O) groups excluding carboxylic acids is 1. The smallest absolute Gasteiger partial charge is 0.312 e. The summed E-state index contributed by atoms with van der Waals surface area (Å²) < 4.78 is 7.77. The van der Waals surface area contributed by atoms with Crippen LogP contribution in [-0.4, -0.2) is 36.5 Å². The SMILES string of the molecule is CC(C)(C)OC(=O)Cc1nn(Cc2nc3ccccc3s2)c(=O)c2cnncc12. The molecule has 3 aromatic heterocycles. The minimum absolute atomic E-state index is 0.0699. The summed E-state index contributed by atoms with van der Waals surface area (Å²) in [5, 5.41) is 13.7. The Morgan fingerprint density at radius 2 is 1.86 bits per heavy atom. The van der Waals surface area contributed by atoms with Crippen molar-refractivity contribution in [3.8, 4) is 0 Å². The van der Waals surface area contributed by atoms with E-state index in [0.717, 1.165) is 15.2 Å². The molecule has 0 unspecified atom stereocenters. The number of fused-ring (bicyclic) bond motifs is 2. The van der Waals surface area contributed by atoms with Gasteiger partial charge in [-0.3, -0.25) is 9.59 Å². The Hall–Kier alpha value is -3.20. The highest BCUT2D eigenvalue weighted by atomic mass is 32.1. The average molecular weight is 409 g/mol. The van der Waals surface area contributed by atoms with Crippen LogP contribution < -0.4 is 5.56 Å². The summed E-state index contributed by atoms with van der Waals surface area (Å²) in [6.45, 7) is 5.61. The molecular formula is C20H19N5O3S. The predicted octanol–water partition coefficient (Wildman–Crippen LogP) is 2.73. The first-order chi connectivity index (χ1) is 13.8. The molecule has 0 fully saturated rings. The van der Waals surface area contributed by atoms with Crippen molar-refractivity contribution < 1.29 is 9.53 Å². The third-order valence-corrected chi connectivity index (χ3v) is 5.12. The number of nitrogens with zero attached hydrogens (tertiary/aromatic N) is 5. The van der Waals surface area contributed by atoms with E-state index in [1.165, 1.54) is 28.4 Å². The summed E-state index contributed by atoms with van der Waals surface area (Å²) >= 11 is 1.50. The zero-order valence-electron chi connectivity index (χ0n) is 16.2. The van der Waals surface area contributed by atoms with Crippen LogP contribution in [0.3, 0.4) is 0 Å². The van der Waals surface area contributed by atoms with Gasteiger partial charge >= 0.3 is 5.97 Å². The molecule has 0 spiro atoms. The number of carbonyl (C=O) groups is 1. The minimum atomic E-state index is -0.609. The topological polar surface area (TPSA) is 99.9 Å². The first kappa shape index (κ1) is 19.1. The van der Waals surface area contributed by atoms with Gasteiger partial charge in [0.05, 0.1) is 46.7 Å². The van der Waals surface area contributed by atoms with Crippen LogP contribution in [-0.2, 0) is 22.5 Å². The summed E-state index contributed by atoms with van der Waals surface area (Å²) in [5.74, 6) is -0.423. The van der Waals surface area contributed by atoms with Gasteiger partial charge in [-0.1, -0.05) is 12.1 Å². The maximum atomic E-state index is 12.9. The monoisotopic (exact) mass is 409 g/mol. The molecule has 29 heavy (non-hydrogen) atoms. The van der Waals surface area contributed by atoms with Crippen LogP contribution in [0.2, 0.25) is 0 Å². The molecule has 4 rings (SSSR count). The maximum absolute atomic E-state index is 12.9. The molecule has 0 N–H and O–H groups in total. The van der Waals surface area contributed by atoms with Crippen molar-refractivity contribution in [3.05, 3.63) is 57.7 Å². The van der Waals surface area contributed by atoms with E-state index in [0.29, 0.717) is 16.5 Å². The van der Waals surface area contributed by atoms with E-state index in [-0.39, 0.29) is 18.5 Å². The highest BCUT2D eigenvalue weighted by Gasteiger charge is 2.20. The fraction of sp³-hybridized carbons (Fsp3) is 0.300. The number of rotatable bonds is 4. The van der Waals surface area contributed by atoms with E-state index in [2.05, 4.69) is 20.3 Å². The molecule has 0 aliphatic carbocycles. The molecule has 4 aromatic rings. The Balaban J connectivity index is 1.75. The molecule has 3 heterocycles. The fourth-order valence-electron chi connectivity index (χ4n) is 2.97. The third kappa shape index (κ3) is 4.14. The van der Waals surface area contributed by atoms with Gasteiger partial charge in [0.1, 0.15) is 10.6 Å². The van der Waals surface area contributed by atoms with Gasteiger partial charge in [-0.05, 0) is 32.9 Å². The highest BCUT2D eigenvalue weighted by Crippen LogP contribution is 2.22. The lowest BCUT2D eigenvalue weighted by atomic mass is 10.1. The normalized spacial score (nSPS) is 11.8. The van der Waals surface area contributed by atoms with E-state index in [1.807, 2.05) is 24.3 Å². The fourth-order valence-corrected chi connectivity index (χ4v) is 3.92. The van der Waals surface area contributed by atoms with Crippen LogP contribution >= 0.6 is 11.3 Å². The molecule has 0 radical (unpaired) electrons. The molecule has 0 bridgehead atoms. The van der Waals surface area contributed by atoms with Gasteiger partial charge in [-0.2, -0.15) is 15.3 Å². The maximum Gasteiger partial charge on any atom is 0.312 e. The molecule has 148 valence electrons. The average Bonchev–Trinajstić information content (AvgIpc) is 3.06. The van der Waals surface area contributed by atoms with Gasteiger partial charge in [0.15, 0.2) is 0 Å². The van der Waals surface area contributed by atoms with Crippen LogP contribution in [0.15, 0.2) is 41.5 Å². The molecular weight excluding hydrogens is 390 g/mol. The number of aromatic nitrogens is 5. The van der Waals surface area contributed by atoms with Crippen molar-refractivity contribution in [2.45, 2.75) is 39.3 Å². The van der Waals surface area contributed by atoms with Crippen LogP contribution in [0.5, 0.6) is 0 Å². The summed E-state index contributed by atoms with van der Waals surface area (Å²) in [5.41, 5.74) is 0.385. The zero-order chi connectivity index (χ0) is 20.6. The number of esters is 1. The molecule has 9 heteroatoms. The number of thiazole rings is 1. The second-order valence-electron chi connectivity index (χ2n) is 7.56. The number of hydrogen-bond acceptors (Lipinski definition) is 8.